The molecule has 2 aromatic rings. The first kappa shape index (κ1) is 9.28. The summed E-state index contributed by atoms with van der Waals surface area (Å²) in [6, 6.07) is 5.12. The van der Waals surface area contributed by atoms with E-state index < -0.39 is 0 Å². The highest BCUT2D eigenvalue weighted by Gasteiger charge is 2.03. The van der Waals surface area contributed by atoms with Crippen molar-refractivity contribution in [1.29, 1.82) is 0 Å². The lowest BCUT2D eigenvalue weighted by atomic mass is 10.1. The molecule has 0 saturated carbocycles. The second-order valence-electron chi connectivity index (χ2n) is 3.46. The van der Waals surface area contributed by atoms with Crippen LogP contribution in [0.2, 0.25) is 5.02 Å². The van der Waals surface area contributed by atoms with Crippen molar-refractivity contribution in [2.24, 2.45) is 0 Å². The number of pyridine rings is 1. The highest BCUT2D eigenvalue weighted by atomic mass is 35.5. The molecule has 1 aromatic heterocycles. The fourth-order valence-electron chi connectivity index (χ4n) is 1.61. The van der Waals surface area contributed by atoms with Crippen molar-refractivity contribution < 1.29 is 0 Å². The highest BCUT2D eigenvalue weighted by molar-refractivity contribution is 6.31. The number of halogens is 1. The van der Waals surface area contributed by atoms with E-state index in [-0.39, 0.29) is 5.43 Å². The molecule has 0 spiro atoms. The summed E-state index contributed by atoms with van der Waals surface area (Å²) in [6.07, 6.45) is 0. The smallest absolute Gasteiger partial charge is 0.189 e. The molecule has 0 saturated heterocycles. The van der Waals surface area contributed by atoms with Gasteiger partial charge in [-0.1, -0.05) is 11.6 Å². The van der Waals surface area contributed by atoms with Crippen molar-refractivity contribution in [3.63, 3.8) is 0 Å². The molecule has 0 unspecified atom stereocenters. The Kier molecular flexibility index (Phi) is 2.08. The molecule has 0 aliphatic heterocycles. The summed E-state index contributed by atoms with van der Waals surface area (Å²) in [6.45, 7) is 3.80. The van der Waals surface area contributed by atoms with E-state index in [1.807, 2.05) is 19.9 Å². The molecule has 1 heterocycles. The summed E-state index contributed by atoms with van der Waals surface area (Å²) in [5.41, 5.74) is 2.75. The lowest BCUT2D eigenvalue weighted by Gasteiger charge is -2.04. The number of H-pyrrole nitrogens is 1. The molecule has 1 N–H and O–H groups in total. The summed E-state index contributed by atoms with van der Waals surface area (Å²) in [5.74, 6) is 0. The standard InChI is InChI=1S/C11H10ClNO/c1-6-3-8(12)5-9-10(14)4-7(2)13-11(6)9/h3-5H,1-2H3,(H,13,14). The monoisotopic (exact) mass is 207 g/mol. The van der Waals surface area contributed by atoms with Crippen LogP contribution in [-0.2, 0) is 0 Å². The van der Waals surface area contributed by atoms with Gasteiger partial charge in [-0.3, -0.25) is 4.79 Å². The van der Waals surface area contributed by atoms with Crippen LogP contribution in [0.15, 0.2) is 23.0 Å². The van der Waals surface area contributed by atoms with Crippen LogP contribution < -0.4 is 5.43 Å². The Hall–Kier alpha value is -1.28. The molecule has 14 heavy (non-hydrogen) atoms. The van der Waals surface area contributed by atoms with Crippen LogP contribution in [0.3, 0.4) is 0 Å². The number of aromatic nitrogens is 1. The first-order valence-electron chi connectivity index (χ1n) is 4.38. The molecule has 0 aliphatic carbocycles. The van der Waals surface area contributed by atoms with E-state index in [1.54, 1.807) is 12.1 Å². The number of nitrogens with one attached hydrogen (secondary N) is 1. The number of rotatable bonds is 0. The molecule has 0 aliphatic rings. The van der Waals surface area contributed by atoms with Gasteiger partial charge in [0, 0.05) is 22.2 Å². The molecule has 0 radical (unpaired) electrons. The van der Waals surface area contributed by atoms with Crippen LogP contribution in [0, 0.1) is 13.8 Å². The van der Waals surface area contributed by atoms with Crippen LogP contribution in [0.1, 0.15) is 11.3 Å². The number of aryl methyl sites for hydroxylation is 2. The van der Waals surface area contributed by atoms with Crippen molar-refractivity contribution in [3.8, 4) is 0 Å². The number of hydrogen-bond acceptors (Lipinski definition) is 1. The molecule has 1 aromatic carbocycles. The quantitative estimate of drug-likeness (QED) is 0.708. The third-order valence-electron chi connectivity index (χ3n) is 2.24. The van der Waals surface area contributed by atoms with E-state index in [9.17, 15) is 4.79 Å². The van der Waals surface area contributed by atoms with E-state index >= 15 is 0 Å². The summed E-state index contributed by atoms with van der Waals surface area (Å²) in [4.78, 5) is 14.8. The van der Waals surface area contributed by atoms with Gasteiger partial charge in [0.05, 0.1) is 5.52 Å². The van der Waals surface area contributed by atoms with Gasteiger partial charge in [0.2, 0.25) is 0 Å². The minimum absolute atomic E-state index is 0.0156. The summed E-state index contributed by atoms with van der Waals surface area (Å²) in [7, 11) is 0. The zero-order valence-corrected chi connectivity index (χ0v) is 8.77. The Bertz CT molecular complexity index is 557. The number of hydrogen-bond donors (Lipinski definition) is 1. The molecule has 2 rings (SSSR count). The van der Waals surface area contributed by atoms with Gasteiger partial charge in [-0.2, -0.15) is 0 Å². The van der Waals surface area contributed by atoms with Gasteiger partial charge in [-0.15, -0.1) is 0 Å². The molecule has 0 bridgehead atoms. The maximum absolute atomic E-state index is 11.6. The molecule has 0 fully saturated rings. The molecule has 3 heteroatoms. The number of fused-ring (bicyclic) bond motifs is 1. The second kappa shape index (κ2) is 3.14. The molecule has 72 valence electrons. The van der Waals surface area contributed by atoms with Gasteiger partial charge in [-0.25, -0.2) is 0 Å². The normalized spacial score (nSPS) is 10.8. The maximum Gasteiger partial charge on any atom is 0.189 e. The van der Waals surface area contributed by atoms with Crippen LogP contribution in [-0.4, -0.2) is 4.98 Å². The average Bonchev–Trinajstić information content (AvgIpc) is 2.07. The Morgan fingerprint density at radius 2 is 1.93 bits per heavy atom. The van der Waals surface area contributed by atoms with Gasteiger partial charge in [-0.05, 0) is 31.5 Å². The predicted octanol–water partition coefficient (Wildman–Crippen LogP) is 2.80. The lowest BCUT2D eigenvalue weighted by molar-refractivity contribution is 1.23. The fourth-order valence-corrected chi connectivity index (χ4v) is 1.88. The number of benzene rings is 1. The molecule has 0 atom stereocenters. The van der Waals surface area contributed by atoms with Crippen LogP contribution >= 0.6 is 11.6 Å². The van der Waals surface area contributed by atoms with Gasteiger partial charge in [0.15, 0.2) is 5.43 Å². The van der Waals surface area contributed by atoms with Gasteiger partial charge < -0.3 is 4.98 Å². The first-order valence-corrected chi connectivity index (χ1v) is 4.75. The van der Waals surface area contributed by atoms with E-state index in [1.165, 1.54) is 0 Å². The first-order chi connectivity index (χ1) is 6.58. The highest BCUT2D eigenvalue weighted by Crippen LogP contribution is 2.19. The van der Waals surface area contributed by atoms with E-state index in [4.69, 9.17) is 11.6 Å². The van der Waals surface area contributed by atoms with Crippen LogP contribution in [0.4, 0.5) is 0 Å². The lowest BCUT2D eigenvalue weighted by Crippen LogP contribution is -2.03. The Labute approximate surface area is 86.5 Å². The topological polar surface area (TPSA) is 32.9 Å². The Morgan fingerprint density at radius 1 is 1.21 bits per heavy atom. The second-order valence-corrected chi connectivity index (χ2v) is 3.90. The van der Waals surface area contributed by atoms with Gasteiger partial charge in [0.25, 0.3) is 0 Å². The SMILES string of the molecule is Cc1cc(=O)c2cc(Cl)cc(C)c2[nH]1. The van der Waals surface area contributed by atoms with Crippen molar-refractivity contribution in [1.82, 2.24) is 4.98 Å². The predicted molar refractivity (Wildman–Crippen MR) is 59.1 cm³/mol. The minimum Gasteiger partial charge on any atom is -0.358 e. The average molecular weight is 208 g/mol. The summed E-state index contributed by atoms with van der Waals surface area (Å²) >= 11 is 5.88. The molecule has 2 nitrogen and oxygen atoms in total. The molecule has 0 amide bonds. The zero-order valence-electron chi connectivity index (χ0n) is 8.02. The minimum atomic E-state index is 0.0156. The summed E-state index contributed by atoms with van der Waals surface area (Å²) < 4.78 is 0. The summed E-state index contributed by atoms with van der Waals surface area (Å²) in [5, 5.41) is 1.25. The van der Waals surface area contributed by atoms with Crippen molar-refractivity contribution in [2.45, 2.75) is 13.8 Å². The molecular weight excluding hydrogens is 198 g/mol. The fraction of sp³-hybridized carbons (Fsp3) is 0.182. The number of aromatic amines is 1. The van der Waals surface area contributed by atoms with Crippen LogP contribution in [0.25, 0.3) is 10.9 Å². The van der Waals surface area contributed by atoms with Crippen molar-refractivity contribution in [2.75, 3.05) is 0 Å². The zero-order chi connectivity index (χ0) is 10.3. The Morgan fingerprint density at radius 3 is 2.64 bits per heavy atom. The largest absolute Gasteiger partial charge is 0.358 e. The maximum atomic E-state index is 11.6. The van der Waals surface area contributed by atoms with Crippen molar-refractivity contribution >= 4 is 22.5 Å². The van der Waals surface area contributed by atoms with E-state index in [0.29, 0.717) is 10.4 Å². The third kappa shape index (κ3) is 1.42. The van der Waals surface area contributed by atoms with Gasteiger partial charge >= 0.3 is 0 Å². The van der Waals surface area contributed by atoms with Crippen molar-refractivity contribution in [3.05, 3.63) is 44.7 Å². The third-order valence-corrected chi connectivity index (χ3v) is 2.45. The van der Waals surface area contributed by atoms with Gasteiger partial charge in [0.1, 0.15) is 0 Å². The molecular formula is C11H10ClNO. The Balaban J connectivity index is 3.02. The van der Waals surface area contributed by atoms with E-state index in [2.05, 4.69) is 4.98 Å². The van der Waals surface area contributed by atoms with E-state index in [0.717, 1.165) is 16.8 Å². The van der Waals surface area contributed by atoms with Crippen LogP contribution in [0.5, 0.6) is 0 Å².